The summed E-state index contributed by atoms with van der Waals surface area (Å²) >= 11 is 0. The van der Waals surface area contributed by atoms with E-state index in [1.165, 1.54) is 0 Å². The average molecular weight is 240 g/mol. The molecule has 1 aromatic rings. The van der Waals surface area contributed by atoms with Crippen LogP contribution in [0.3, 0.4) is 0 Å². The summed E-state index contributed by atoms with van der Waals surface area (Å²) < 4.78 is 5.22. The van der Waals surface area contributed by atoms with Crippen LogP contribution in [0, 0.1) is 17.2 Å². The third-order valence-corrected chi connectivity index (χ3v) is 3.03. The minimum atomic E-state index is 0.0780. The number of rotatable bonds is 3. The second kappa shape index (κ2) is 5.42. The molecule has 1 aliphatic heterocycles. The number of hydrogen-bond acceptors (Lipinski definition) is 3. The molecule has 0 saturated heterocycles. The molecule has 0 bridgehead atoms. The fourth-order valence-corrected chi connectivity index (χ4v) is 1.82. The van der Waals surface area contributed by atoms with Gasteiger partial charge in [0.2, 0.25) is 0 Å². The quantitative estimate of drug-likeness (QED) is 0.883. The molecule has 0 aliphatic carbocycles. The molecular formula is C15H16N2O. The van der Waals surface area contributed by atoms with Gasteiger partial charge in [0.1, 0.15) is 11.8 Å². The molecule has 1 N–H and O–H groups in total. The number of nitriles is 1. The summed E-state index contributed by atoms with van der Waals surface area (Å²) in [5, 5.41) is 11.8. The molecule has 1 aromatic carbocycles. The number of allylic oxidation sites excluding steroid dienone is 2. The van der Waals surface area contributed by atoms with Crippen LogP contribution in [0.2, 0.25) is 0 Å². The van der Waals surface area contributed by atoms with Gasteiger partial charge in [-0.25, -0.2) is 0 Å². The fourth-order valence-electron chi connectivity index (χ4n) is 1.82. The van der Waals surface area contributed by atoms with Gasteiger partial charge in [0.05, 0.1) is 0 Å². The van der Waals surface area contributed by atoms with Crippen LogP contribution < -0.4 is 10.1 Å². The molecule has 2 rings (SSSR count). The van der Waals surface area contributed by atoms with E-state index in [1.54, 1.807) is 0 Å². The van der Waals surface area contributed by atoms with Crippen molar-refractivity contribution < 1.29 is 4.74 Å². The minimum absolute atomic E-state index is 0.0780. The van der Waals surface area contributed by atoms with E-state index in [4.69, 9.17) is 10.00 Å². The SMILES string of the molecule is C=C1NC(c2ccc(OCC#N)cc2)=CCC1C. The Morgan fingerprint density at radius 1 is 1.44 bits per heavy atom. The van der Waals surface area contributed by atoms with Crippen LogP contribution in [0.15, 0.2) is 42.6 Å². The molecule has 1 heterocycles. The normalized spacial score (nSPS) is 18.6. The Balaban J connectivity index is 2.11. The van der Waals surface area contributed by atoms with Crippen molar-refractivity contribution in [2.75, 3.05) is 6.61 Å². The summed E-state index contributed by atoms with van der Waals surface area (Å²) in [4.78, 5) is 0. The topological polar surface area (TPSA) is 45.0 Å². The van der Waals surface area contributed by atoms with Crippen molar-refractivity contribution in [3.05, 3.63) is 48.2 Å². The molecule has 18 heavy (non-hydrogen) atoms. The summed E-state index contributed by atoms with van der Waals surface area (Å²) in [6.45, 7) is 6.25. The lowest BCUT2D eigenvalue weighted by atomic mass is 9.97. The molecule has 0 fully saturated rings. The molecule has 0 saturated carbocycles. The van der Waals surface area contributed by atoms with Gasteiger partial charge < -0.3 is 10.1 Å². The predicted molar refractivity (Wildman–Crippen MR) is 71.6 cm³/mol. The van der Waals surface area contributed by atoms with Gasteiger partial charge in [-0.2, -0.15) is 5.26 Å². The highest BCUT2D eigenvalue weighted by molar-refractivity contribution is 5.67. The summed E-state index contributed by atoms with van der Waals surface area (Å²) in [5.74, 6) is 1.19. The van der Waals surface area contributed by atoms with Crippen LogP contribution >= 0.6 is 0 Å². The van der Waals surface area contributed by atoms with E-state index in [9.17, 15) is 0 Å². The van der Waals surface area contributed by atoms with Crippen LogP contribution in [-0.2, 0) is 0 Å². The summed E-state index contributed by atoms with van der Waals surface area (Å²) in [5.41, 5.74) is 3.24. The molecule has 3 nitrogen and oxygen atoms in total. The van der Waals surface area contributed by atoms with Crippen molar-refractivity contribution in [1.82, 2.24) is 5.32 Å². The van der Waals surface area contributed by atoms with Crippen molar-refractivity contribution in [2.45, 2.75) is 13.3 Å². The van der Waals surface area contributed by atoms with Gasteiger partial charge in [-0.3, -0.25) is 0 Å². The third-order valence-electron chi connectivity index (χ3n) is 3.03. The van der Waals surface area contributed by atoms with Gasteiger partial charge >= 0.3 is 0 Å². The van der Waals surface area contributed by atoms with Crippen molar-refractivity contribution in [3.8, 4) is 11.8 Å². The Morgan fingerprint density at radius 2 is 2.17 bits per heavy atom. The maximum atomic E-state index is 8.44. The fraction of sp³-hybridized carbons (Fsp3) is 0.267. The lowest BCUT2D eigenvalue weighted by Crippen LogP contribution is -2.20. The maximum Gasteiger partial charge on any atom is 0.174 e. The van der Waals surface area contributed by atoms with Crippen molar-refractivity contribution >= 4 is 5.70 Å². The second-order valence-electron chi connectivity index (χ2n) is 4.38. The molecular weight excluding hydrogens is 224 g/mol. The summed E-state index contributed by atoms with van der Waals surface area (Å²) in [6, 6.07) is 9.65. The molecule has 1 atom stereocenters. The predicted octanol–water partition coefficient (Wildman–Crippen LogP) is 3.07. The van der Waals surface area contributed by atoms with Crippen molar-refractivity contribution in [1.29, 1.82) is 5.26 Å². The number of nitrogens with one attached hydrogen (secondary N) is 1. The van der Waals surface area contributed by atoms with E-state index in [1.807, 2.05) is 30.3 Å². The molecule has 1 aliphatic rings. The Labute approximate surface area is 107 Å². The highest BCUT2D eigenvalue weighted by Gasteiger charge is 2.14. The summed E-state index contributed by atoms with van der Waals surface area (Å²) in [6.07, 6.45) is 3.19. The van der Waals surface area contributed by atoms with E-state index in [2.05, 4.69) is 24.9 Å². The van der Waals surface area contributed by atoms with Crippen molar-refractivity contribution in [2.24, 2.45) is 5.92 Å². The molecule has 0 amide bonds. The number of ether oxygens (including phenoxy) is 1. The van der Waals surface area contributed by atoms with Gasteiger partial charge in [-0.05, 0) is 42.2 Å². The highest BCUT2D eigenvalue weighted by atomic mass is 16.5. The van der Waals surface area contributed by atoms with E-state index in [0.29, 0.717) is 11.7 Å². The second-order valence-corrected chi connectivity index (χ2v) is 4.38. The van der Waals surface area contributed by atoms with Crippen LogP contribution in [0.1, 0.15) is 18.9 Å². The van der Waals surface area contributed by atoms with Crippen LogP contribution in [0.4, 0.5) is 0 Å². The smallest absolute Gasteiger partial charge is 0.174 e. The molecule has 0 radical (unpaired) electrons. The molecule has 0 spiro atoms. The Kier molecular flexibility index (Phi) is 3.69. The molecule has 3 heteroatoms. The zero-order valence-electron chi connectivity index (χ0n) is 10.4. The van der Waals surface area contributed by atoms with Crippen molar-refractivity contribution in [3.63, 3.8) is 0 Å². The highest BCUT2D eigenvalue weighted by Crippen LogP contribution is 2.25. The number of nitrogens with zero attached hydrogens (tertiary/aromatic N) is 1. The van der Waals surface area contributed by atoms with Gasteiger partial charge in [-0.1, -0.05) is 19.6 Å². The average Bonchev–Trinajstić information content (AvgIpc) is 2.40. The Bertz CT molecular complexity index is 508. The number of benzene rings is 1. The first kappa shape index (κ1) is 12.3. The van der Waals surface area contributed by atoms with E-state index in [0.717, 1.165) is 23.4 Å². The van der Waals surface area contributed by atoms with Gasteiger partial charge in [0, 0.05) is 11.4 Å². The first-order chi connectivity index (χ1) is 8.70. The largest absolute Gasteiger partial charge is 0.479 e. The third kappa shape index (κ3) is 2.72. The van der Waals surface area contributed by atoms with Gasteiger partial charge in [0.25, 0.3) is 0 Å². The lowest BCUT2D eigenvalue weighted by Gasteiger charge is -2.23. The molecule has 0 aromatic heterocycles. The molecule has 1 unspecified atom stereocenters. The first-order valence-electron chi connectivity index (χ1n) is 5.97. The lowest BCUT2D eigenvalue weighted by molar-refractivity contribution is 0.368. The molecule has 92 valence electrons. The maximum absolute atomic E-state index is 8.44. The van der Waals surface area contributed by atoms with E-state index in [-0.39, 0.29) is 6.61 Å². The summed E-state index contributed by atoms with van der Waals surface area (Å²) in [7, 11) is 0. The van der Waals surface area contributed by atoms with Gasteiger partial charge in [0.15, 0.2) is 6.61 Å². The first-order valence-corrected chi connectivity index (χ1v) is 5.97. The zero-order valence-corrected chi connectivity index (χ0v) is 10.4. The Hall–Kier alpha value is -2.21. The van der Waals surface area contributed by atoms with Crippen LogP contribution in [0.25, 0.3) is 5.70 Å². The van der Waals surface area contributed by atoms with E-state index >= 15 is 0 Å². The zero-order chi connectivity index (χ0) is 13.0. The minimum Gasteiger partial charge on any atom is -0.479 e. The van der Waals surface area contributed by atoms with Crippen LogP contribution in [-0.4, -0.2) is 6.61 Å². The van der Waals surface area contributed by atoms with E-state index < -0.39 is 0 Å². The Morgan fingerprint density at radius 3 is 2.78 bits per heavy atom. The standard InChI is InChI=1S/C15H16N2O/c1-11-3-8-15(17-12(11)2)13-4-6-14(7-5-13)18-10-9-16/h4-8,11,17H,2-3,10H2,1H3. The number of hydrogen-bond donors (Lipinski definition) is 1. The monoisotopic (exact) mass is 240 g/mol. The van der Waals surface area contributed by atoms with Crippen LogP contribution in [0.5, 0.6) is 5.75 Å². The van der Waals surface area contributed by atoms with Gasteiger partial charge in [-0.15, -0.1) is 0 Å².